The standard InChI is InChI=1S/C21H22N6O/c1-21(2,28)18-8-7-14(11-23-18)16-10-17-15(12-27(3)13-24-17)20(25-16)26-19-6-4-5-9-22-19/h4-11,13,28H,12H2,1-3H3,(H,22,25,26). The van der Waals surface area contributed by atoms with Crippen molar-refractivity contribution in [3.8, 4) is 11.3 Å². The smallest absolute Gasteiger partial charge is 0.139 e. The summed E-state index contributed by atoms with van der Waals surface area (Å²) < 4.78 is 0. The van der Waals surface area contributed by atoms with E-state index in [9.17, 15) is 5.11 Å². The van der Waals surface area contributed by atoms with Gasteiger partial charge in [-0.15, -0.1) is 0 Å². The van der Waals surface area contributed by atoms with Crippen LogP contribution in [0.25, 0.3) is 11.3 Å². The van der Waals surface area contributed by atoms with Gasteiger partial charge in [-0.3, -0.25) is 4.98 Å². The Morgan fingerprint density at radius 2 is 2.00 bits per heavy atom. The van der Waals surface area contributed by atoms with Crippen LogP contribution in [0.5, 0.6) is 0 Å². The highest BCUT2D eigenvalue weighted by Crippen LogP contribution is 2.34. The molecular formula is C21H22N6O. The molecule has 0 saturated carbocycles. The molecule has 3 aromatic heterocycles. The van der Waals surface area contributed by atoms with E-state index in [4.69, 9.17) is 4.98 Å². The third-order valence-corrected chi connectivity index (χ3v) is 4.50. The van der Waals surface area contributed by atoms with Gasteiger partial charge in [0.2, 0.25) is 0 Å². The Labute approximate surface area is 163 Å². The van der Waals surface area contributed by atoms with Crippen molar-refractivity contribution in [3.63, 3.8) is 0 Å². The number of hydrogen-bond donors (Lipinski definition) is 2. The normalized spacial score (nSPS) is 13.4. The molecule has 142 valence electrons. The van der Waals surface area contributed by atoms with Crippen LogP contribution in [0.15, 0.2) is 53.8 Å². The highest BCUT2D eigenvalue weighted by molar-refractivity contribution is 5.77. The van der Waals surface area contributed by atoms with Crippen LogP contribution in [0.2, 0.25) is 0 Å². The van der Waals surface area contributed by atoms with E-state index in [0.717, 1.165) is 34.1 Å². The zero-order chi connectivity index (χ0) is 19.7. The molecule has 0 unspecified atom stereocenters. The topological polar surface area (TPSA) is 86.5 Å². The Kier molecular flexibility index (Phi) is 4.52. The molecule has 4 rings (SSSR count). The average Bonchev–Trinajstić information content (AvgIpc) is 2.68. The summed E-state index contributed by atoms with van der Waals surface area (Å²) in [6, 6.07) is 11.4. The molecule has 0 amide bonds. The fourth-order valence-electron chi connectivity index (χ4n) is 3.00. The molecule has 3 aromatic rings. The van der Waals surface area contributed by atoms with Crippen LogP contribution >= 0.6 is 0 Å². The monoisotopic (exact) mass is 374 g/mol. The Hall–Kier alpha value is -3.32. The lowest BCUT2D eigenvalue weighted by Gasteiger charge is -2.23. The molecular weight excluding hydrogens is 352 g/mol. The number of fused-ring (bicyclic) bond motifs is 1. The van der Waals surface area contributed by atoms with Crippen LogP contribution < -0.4 is 5.32 Å². The van der Waals surface area contributed by atoms with Crippen LogP contribution in [0.1, 0.15) is 25.1 Å². The largest absolute Gasteiger partial charge is 0.384 e. The minimum absolute atomic E-state index is 0.612. The maximum atomic E-state index is 10.1. The summed E-state index contributed by atoms with van der Waals surface area (Å²) in [5.41, 5.74) is 3.12. The molecule has 0 aromatic carbocycles. The van der Waals surface area contributed by atoms with Crippen LogP contribution in [0, 0.1) is 0 Å². The third kappa shape index (κ3) is 3.70. The van der Waals surface area contributed by atoms with E-state index in [1.807, 2.05) is 54.7 Å². The summed E-state index contributed by atoms with van der Waals surface area (Å²) in [6.45, 7) is 4.13. The van der Waals surface area contributed by atoms with Crippen molar-refractivity contribution < 1.29 is 5.11 Å². The predicted octanol–water partition coefficient (Wildman–Crippen LogP) is 3.61. The summed E-state index contributed by atoms with van der Waals surface area (Å²) >= 11 is 0. The lowest BCUT2D eigenvalue weighted by atomic mass is 10.0. The molecule has 0 spiro atoms. The second kappa shape index (κ2) is 7.01. The van der Waals surface area contributed by atoms with Crippen LogP contribution in [-0.4, -0.2) is 38.3 Å². The van der Waals surface area contributed by atoms with Crippen molar-refractivity contribution in [1.29, 1.82) is 0 Å². The number of hydrogen-bond acceptors (Lipinski definition) is 7. The van der Waals surface area contributed by atoms with Gasteiger partial charge < -0.3 is 15.3 Å². The number of aliphatic hydroxyl groups is 1. The van der Waals surface area contributed by atoms with Crippen LogP contribution in [0.3, 0.4) is 0 Å². The number of anilines is 2. The second-order valence-corrected chi connectivity index (χ2v) is 7.34. The van der Waals surface area contributed by atoms with E-state index in [1.165, 1.54) is 0 Å². The van der Waals surface area contributed by atoms with Gasteiger partial charge in [-0.1, -0.05) is 6.07 Å². The molecule has 0 bridgehead atoms. The first-order chi connectivity index (χ1) is 13.4. The highest BCUT2D eigenvalue weighted by atomic mass is 16.3. The van der Waals surface area contributed by atoms with E-state index in [2.05, 4.69) is 20.3 Å². The Bertz CT molecular complexity index is 1010. The first-order valence-electron chi connectivity index (χ1n) is 9.06. The zero-order valence-corrected chi connectivity index (χ0v) is 16.1. The molecule has 2 N–H and O–H groups in total. The first-order valence-corrected chi connectivity index (χ1v) is 9.06. The fourth-order valence-corrected chi connectivity index (χ4v) is 3.00. The number of pyridine rings is 3. The van der Waals surface area contributed by atoms with E-state index in [-0.39, 0.29) is 0 Å². The lowest BCUT2D eigenvalue weighted by molar-refractivity contribution is 0.0739. The molecule has 7 nitrogen and oxygen atoms in total. The Morgan fingerprint density at radius 3 is 2.68 bits per heavy atom. The van der Waals surface area contributed by atoms with E-state index >= 15 is 0 Å². The molecule has 1 aliphatic rings. The van der Waals surface area contributed by atoms with Gasteiger partial charge in [0.05, 0.1) is 23.4 Å². The summed E-state index contributed by atoms with van der Waals surface area (Å²) in [4.78, 5) is 20.1. The second-order valence-electron chi connectivity index (χ2n) is 7.34. The lowest BCUT2D eigenvalue weighted by Crippen LogP contribution is -2.20. The number of nitrogens with one attached hydrogen (secondary N) is 1. The summed E-state index contributed by atoms with van der Waals surface area (Å²) in [7, 11) is 1.98. The first kappa shape index (κ1) is 18.1. The van der Waals surface area contributed by atoms with Gasteiger partial charge in [0.25, 0.3) is 0 Å². The SMILES string of the molecule is CN1C=Nc2cc(-c3ccc(C(C)(C)O)nc3)nc(Nc3ccccn3)c2C1. The van der Waals surface area contributed by atoms with Crippen molar-refractivity contribution in [2.45, 2.75) is 26.0 Å². The van der Waals surface area contributed by atoms with E-state index in [1.54, 1.807) is 26.2 Å². The Morgan fingerprint density at radius 1 is 1.14 bits per heavy atom. The number of aromatic nitrogens is 3. The summed E-state index contributed by atoms with van der Waals surface area (Å²) in [6.07, 6.45) is 5.28. The molecule has 4 heterocycles. The van der Waals surface area contributed by atoms with Crippen molar-refractivity contribution in [1.82, 2.24) is 19.9 Å². The van der Waals surface area contributed by atoms with Gasteiger partial charge >= 0.3 is 0 Å². The molecule has 7 heteroatoms. The highest BCUT2D eigenvalue weighted by Gasteiger charge is 2.20. The molecule has 28 heavy (non-hydrogen) atoms. The molecule has 0 aliphatic carbocycles. The van der Waals surface area contributed by atoms with Crippen LogP contribution in [-0.2, 0) is 12.1 Å². The molecule has 0 fully saturated rings. The fraction of sp³-hybridized carbons (Fsp3) is 0.238. The molecule has 1 aliphatic heterocycles. The zero-order valence-electron chi connectivity index (χ0n) is 16.1. The van der Waals surface area contributed by atoms with E-state index in [0.29, 0.717) is 12.2 Å². The van der Waals surface area contributed by atoms with Gasteiger partial charge in [0.1, 0.15) is 17.2 Å². The third-order valence-electron chi connectivity index (χ3n) is 4.50. The molecule has 0 radical (unpaired) electrons. The van der Waals surface area contributed by atoms with E-state index < -0.39 is 5.60 Å². The number of nitrogens with zero attached hydrogens (tertiary/aromatic N) is 5. The van der Waals surface area contributed by atoms with Gasteiger partial charge in [-0.05, 0) is 44.2 Å². The van der Waals surface area contributed by atoms with Gasteiger partial charge in [0.15, 0.2) is 0 Å². The van der Waals surface area contributed by atoms with Gasteiger partial charge in [-0.25, -0.2) is 15.0 Å². The molecule has 0 atom stereocenters. The minimum Gasteiger partial charge on any atom is -0.384 e. The predicted molar refractivity (Wildman–Crippen MR) is 110 cm³/mol. The number of rotatable bonds is 4. The average molecular weight is 374 g/mol. The maximum Gasteiger partial charge on any atom is 0.139 e. The summed E-state index contributed by atoms with van der Waals surface area (Å²) in [5.74, 6) is 1.45. The maximum absolute atomic E-state index is 10.1. The van der Waals surface area contributed by atoms with Crippen molar-refractivity contribution in [2.75, 3.05) is 12.4 Å². The van der Waals surface area contributed by atoms with Crippen molar-refractivity contribution >= 4 is 23.7 Å². The quantitative estimate of drug-likeness (QED) is 0.725. The van der Waals surface area contributed by atoms with Gasteiger partial charge in [-0.2, -0.15) is 0 Å². The van der Waals surface area contributed by atoms with Crippen molar-refractivity contribution in [3.05, 3.63) is 60.0 Å². The van der Waals surface area contributed by atoms with Crippen LogP contribution in [0.4, 0.5) is 17.3 Å². The summed E-state index contributed by atoms with van der Waals surface area (Å²) in [5, 5.41) is 13.4. The number of aliphatic imine (C=N–C) groups is 1. The molecule has 0 saturated heterocycles. The Balaban J connectivity index is 1.77. The van der Waals surface area contributed by atoms with Gasteiger partial charge in [0, 0.05) is 37.1 Å². The van der Waals surface area contributed by atoms with Crippen molar-refractivity contribution in [2.24, 2.45) is 4.99 Å². The minimum atomic E-state index is -0.984.